The van der Waals surface area contributed by atoms with Crippen LogP contribution in [0.5, 0.6) is 0 Å². The maximum atomic E-state index is 13.3. The van der Waals surface area contributed by atoms with Crippen molar-refractivity contribution in [2.24, 2.45) is 10.9 Å². The van der Waals surface area contributed by atoms with Gasteiger partial charge in [-0.05, 0) is 61.1 Å². The predicted octanol–water partition coefficient (Wildman–Crippen LogP) is 8.27. The van der Waals surface area contributed by atoms with Crippen LogP contribution in [0.15, 0.2) is 95.2 Å². The topological polar surface area (TPSA) is 41.5 Å². The molecule has 178 valence electrons. The van der Waals surface area contributed by atoms with E-state index in [1.165, 1.54) is 37.7 Å². The molecule has 0 bridgehead atoms. The zero-order valence-electron chi connectivity index (χ0n) is 20.9. The lowest BCUT2D eigenvalue weighted by Gasteiger charge is -2.22. The van der Waals surface area contributed by atoms with E-state index in [1.54, 1.807) is 0 Å². The molecule has 34 heavy (non-hydrogen) atoms. The van der Waals surface area contributed by atoms with Gasteiger partial charge in [0.2, 0.25) is 0 Å². The number of amides is 1. The molecule has 1 amide bonds. The molecule has 0 unspecified atom stereocenters. The maximum absolute atomic E-state index is 13.3. The van der Waals surface area contributed by atoms with Crippen molar-refractivity contribution in [3.63, 3.8) is 0 Å². The van der Waals surface area contributed by atoms with Gasteiger partial charge in [0.15, 0.2) is 0 Å². The molecular formula is C31H38N2O. The van der Waals surface area contributed by atoms with Gasteiger partial charge in [-0.3, -0.25) is 4.79 Å². The Morgan fingerprint density at radius 2 is 1.74 bits per heavy atom. The summed E-state index contributed by atoms with van der Waals surface area (Å²) in [6, 6.07) is 17.9. The van der Waals surface area contributed by atoms with Gasteiger partial charge in [-0.2, -0.15) is 0 Å². The Morgan fingerprint density at radius 3 is 2.41 bits per heavy atom. The minimum atomic E-state index is -0.112. The third-order valence-corrected chi connectivity index (χ3v) is 6.60. The van der Waals surface area contributed by atoms with E-state index in [0.717, 1.165) is 41.1 Å². The zero-order valence-corrected chi connectivity index (χ0v) is 20.9. The summed E-state index contributed by atoms with van der Waals surface area (Å²) < 4.78 is 0. The first-order valence-corrected chi connectivity index (χ1v) is 12.5. The number of rotatable bonds is 8. The van der Waals surface area contributed by atoms with E-state index >= 15 is 0 Å². The Balaban J connectivity index is 1.91. The highest BCUT2D eigenvalue weighted by Crippen LogP contribution is 2.27. The van der Waals surface area contributed by atoms with Crippen LogP contribution in [0.3, 0.4) is 0 Å². The van der Waals surface area contributed by atoms with E-state index in [2.05, 4.69) is 44.0 Å². The predicted molar refractivity (Wildman–Crippen MR) is 145 cm³/mol. The van der Waals surface area contributed by atoms with Gasteiger partial charge < -0.3 is 5.32 Å². The highest BCUT2D eigenvalue weighted by molar-refractivity contribution is 6.07. The molecule has 0 saturated heterocycles. The van der Waals surface area contributed by atoms with E-state index in [1.807, 2.05) is 55.5 Å². The van der Waals surface area contributed by atoms with Crippen molar-refractivity contribution >= 4 is 11.7 Å². The number of carbonyl (C=O) groups is 1. The van der Waals surface area contributed by atoms with Gasteiger partial charge in [0, 0.05) is 12.0 Å². The first kappa shape index (κ1) is 25.4. The summed E-state index contributed by atoms with van der Waals surface area (Å²) in [5.74, 6) is 1.20. The smallest absolute Gasteiger partial charge is 0.256 e. The fraction of sp³-hybridized carbons (Fsp3) is 0.355. The molecular weight excluding hydrogens is 416 g/mol. The highest BCUT2D eigenvalue weighted by atomic mass is 16.1. The first-order valence-electron chi connectivity index (χ1n) is 12.5. The lowest BCUT2D eigenvalue weighted by molar-refractivity contribution is 0.0976. The second-order valence-electron chi connectivity index (χ2n) is 9.28. The van der Waals surface area contributed by atoms with Gasteiger partial charge in [0.25, 0.3) is 5.91 Å². The van der Waals surface area contributed by atoms with Crippen molar-refractivity contribution in [2.45, 2.75) is 65.7 Å². The van der Waals surface area contributed by atoms with Gasteiger partial charge in [-0.1, -0.05) is 99.7 Å². The Bertz CT molecular complexity index is 1070. The van der Waals surface area contributed by atoms with Gasteiger partial charge in [0.1, 0.15) is 5.84 Å². The SMILES string of the molecule is C=C/C(C)=C(\C=C(/C)CC)N=C(CC1CCCCC1)NC(=O)c1cccc(-c2ccccc2)c1. The lowest BCUT2D eigenvalue weighted by atomic mass is 9.86. The second-order valence-corrected chi connectivity index (χ2v) is 9.28. The van der Waals surface area contributed by atoms with Gasteiger partial charge in [0.05, 0.1) is 5.70 Å². The van der Waals surface area contributed by atoms with Crippen LogP contribution in [0.4, 0.5) is 0 Å². The molecule has 1 saturated carbocycles. The molecule has 2 aromatic rings. The molecule has 1 aliphatic carbocycles. The Hall–Kier alpha value is -3.20. The number of allylic oxidation sites excluding steroid dienone is 4. The van der Waals surface area contributed by atoms with Crippen LogP contribution < -0.4 is 5.32 Å². The van der Waals surface area contributed by atoms with E-state index in [0.29, 0.717) is 11.5 Å². The van der Waals surface area contributed by atoms with Crippen LogP contribution >= 0.6 is 0 Å². The molecule has 0 radical (unpaired) electrons. The fourth-order valence-electron chi connectivity index (χ4n) is 4.28. The molecule has 0 atom stereocenters. The number of hydrogen-bond acceptors (Lipinski definition) is 2. The summed E-state index contributed by atoms with van der Waals surface area (Å²) in [6.45, 7) is 10.2. The number of aliphatic imine (C=N–C) groups is 1. The summed E-state index contributed by atoms with van der Waals surface area (Å²) in [5, 5.41) is 3.17. The molecule has 1 aliphatic rings. The van der Waals surface area contributed by atoms with Crippen LogP contribution in [-0.4, -0.2) is 11.7 Å². The summed E-state index contributed by atoms with van der Waals surface area (Å²) in [6.07, 6.45) is 11.9. The molecule has 3 nitrogen and oxygen atoms in total. The third kappa shape index (κ3) is 7.41. The van der Waals surface area contributed by atoms with Gasteiger partial charge in [-0.25, -0.2) is 4.99 Å². The lowest BCUT2D eigenvalue weighted by Crippen LogP contribution is -2.32. The minimum Gasteiger partial charge on any atom is -0.310 e. The average molecular weight is 455 g/mol. The molecule has 1 N–H and O–H groups in total. The standard InChI is InChI=1S/C31H38N2O/c1-5-23(3)20-29(24(4)6-2)32-30(21-25-14-9-7-10-15-25)33-31(34)28-19-13-18-27(22-28)26-16-11-8-12-17-26/h6,8,11-13,16-20,22,25H,2,5,7,9-10,14-15,21H2,1,3-4H3,(H,32,33,34)/b23-20+,29-24+. The quantitative estimate of drug-likeness (QED) is 0.243. The molecule has 0 spiro atoms. The number of amidine groups is 1. The summed E-state index contributed by atoms with van der Waals surface area (Å²) >= 11 is 0. The van der Waals surface area contributed by atoms with Crippen molar-refractivity contribution in [1.29, 1.82) is 0 Å². The van der Waals surface area contributed by atoms with Crippen LogP contribution in [0, 0.1) is 5.92 Å². The molecule has 3 heteroatoms. The molecule has 3 rings (SSSR count). The van der Waals surface area contributed by atoms with Crippen LogP contribution in [0.25, 0.3) is 11.1 Å². The average Bonchev–Trinajstić information content (AvgIpc) is 2.88. The number of benzene rings is 2. The number of nitrogens with zero attached hydrogens (tertiary/aromatic N) is 1. The number of nitrogens with one attached hydrogen (secondary N) is 1. The van der Waals surface area contributed by atoms with Crippen LogP contribution in [0.1, 0.15) is 76.1 Å². The number of hydrogen-bond donors (Lipinski definition) is 1. The zero-order chi connectivity index (χ0) is 24.3. The highest BCUT2D eigenvalue weighted by Gasteiger charge is 2.19. The summed E-state index contributed by atoms with van der Waals surface area (Å²) in [5.41, 5.74) is 5.90. The minimum absolute atomic E-state index is 0.112. The van der Waals surface area contributed by atoms with E-state index in [9.17, 15) is 4.79 Å². The molecule has 2 aromatic carbocycles. The van der Waals surface area contributed by atoms with E-state index in [-0.39, 0.29) is 5.91 Å². The molecule has 0 aliphatic heterocycles. The Kier molecular flexibility index (Phi) is 9.63. The third-order valence-electron chi connectivity index (χ3n) is 6.60. The van der Waals surface area contributed by atoms with E-state index < -0.39 is 0 Å². The first-order chi connectivity index (χ1) is 16.5. The van der Waals surface area contributed by atoms with Crippen molar-refractivity contribution in [3.8, 4) is 11.1 Å². The summed E-state index contributed by atoms with van der Waals surface area (Å²) in [4.78, 5) is 18.3. The molecule has 0 aromatic heterocycles. The largest absolute Gasteiger partial charge is 0.310 e. The molecule has 1 fully saturated rings. The van der Waals surface area contributed by atoms with Crippen molar-refractivity contribution in [1.82, 2.24) is 5.32 Å². The van der Waals surface area contributed by atoms with Crippen molar-refractivity contribution in [2.75, 3.05) is 0 Å². The monoisotopic (exact) mass is 454 g/mol. The number of carbonyl (C=O) groups excluding carboxylic acids is 1. The van der Waals surface area contributed by atoms with Crippen LogP contribution in [-0.2, 0) is 0 Å². The maximum Gasteiger partial charge on any atom is 0.256 e. The summed E-state index contributed by atoms with van der Waals surface area (Å²) in [7, 11) is 0. The van der Waals surface area contributed by atoms with Crippen molar-refractivity contribution < 1.29 is 4.79 Å². The van der Waals surface area contributed by atoms with Gasteiger partial charge >= 0.3 is 0 Å². The fourth-order valence-corrected chi connectivity index (χ4v) is 4.28. The molecule has 0 heterocycles. The van der Waals surface area contributed by atoms with Crippen LogP contribution in [0.2, 0.25) is 0 Å². The van der Waals surface area contributed by atoms with E-state index in [4.69, 9.17) is 4.99 Å². The second kappa shape index (κ2) is 12.9. The van der Waals surface area contributed by atoms with Gasteiger partial charge in [-0.15, -0.1) is 0 Å². The Labute approximate surface area is 205 Å². The van der Waals surface area contributed by atoms with Crippen molar-refractivity contribution in [3.05, 3.63) is 95.7 Å². The Morgan fingerprint density at radius 1 is 1.03 bits per heavy atom. The normalized spacial score (nSPS) is 16.1.